The summed E-state index contributed by atoms with van der Waals surface area (Å²) in [6.45, 7) is 0. The third-order valence-electron chi connectivity index (χ3n) is 2.78. The lowest BCUT2D eigenvalue weighted by molar-refractivity contribution is 0.0696. The van der Waals surface area contributed by atoms with Gasteiger partial charge < -0.3 is 10.0 Å². The fourth-order valence-electron chi connectivity index (χ4n) is 1.64. The summed E-state index contributed by atoms with van der Waals surface area (Å²) in [6.07, 6.45) is 1.40. The summed E-state index contributed by atoms with van der Waals surface area (Å²) in [5, 5.41) is 9.14. The van der Waals surface area contributed by atoms with Gasteiger partial charge in [-0.2, -0.15) is 0 Å². The summed E-state index contributed by atoms with van der Waals surface area (Å²) in [4.78, 5) is 28.2. The maximum absolute atomic E-state index is 12.2. The van der Waals surface area contributed by atoms with Crippen molar-refractivity contribution in [3.8, 4) is 0 Å². The number of carboxylic acid groups (broad SMARTS) is 1. The van der Waals surface area contributed by atoms with Crippen molar-refractivity contribution in [1.29, 1.82) is 0 Å². The van der Waals surface area contributed by atoms with Crippen molar-refractivity contribution >= 4 is 29.2 Å². The molecule has 1 N–H and O–H groups in total. The Morgan fingerprint density at radius 3 is 2.20 bits per heavy atom. The van der Waals surface area contributed by atoms with Gasteiger partial charge in [0.15, 0.2) is 0 Å². The van der Waals surface area contributed by atoms with Crippen LogP contribution in [0.15, 0.2) is 42.6 Å². The number of carboxylic acids is 1. The van der Waals surface area contributed by atoms with Crippen molar-refractivity contribution < 1.29 is 14.7 Å². The predicted molar refractivity (Wildman–Crippen MR) is 75.4 cm³/mol. The molecular formula is C14H11ClN2O3. The molecule has 0 unspecified atom stereocenters. The van der Waals surface area contributed by atoms with E-state index in [1.165, 1.54) is 29.3 Å². The van der Waals surface area contributed by atoms with Crippen LogP contribution in [0.1, 0.15) is 20.7 Å². The molecule has 0 aliphatic carbocycles. The third kappa shape index (κ3) is 2.95. The van der Waals surface area contributed by atoms with E-state index in [0.29, 0.717) is 16.4 Å². The first-order chi connectivity index (χ1) is 9.49. The van der Waals surface area contributed by atoms with Crippen LogP contribution in [0.3, 0.4) is 0 Å². The molecule has 0 saturated carbocycles. The molecule has 0 aliphatic heterocycles. The van der Waals surface area contributed by atoms with Crippen LogP contribution < -0.4 is 4.90 Å². The second kappa shape index (κ2) is 5.71. The highest BCUT2D eigenvalue weighted by atomic mass is 35.5. The molecule has 2 aromatic rings. The number of aromatic nitrogens is 1. The molecule has 0 aliphatic rings. The monoisotopic (exact) mass is 290 g/mol. The average molecular weight is 291 g/mol. The number of aromatic carboxylic acids is 1. The molecule has 1 heterocycles. The zero-order chi connectivity index (χ0) is 14.7. The second-order valence-corrected chi connectivity index (χ2v) is 4.47. The standard InChI is InChI=1S/C14H11ClN2O3/c1-17(11-5-2-9(3-6-11)14(19)20)13(18)10-4-7-12(15)16-8-10/h2-8H,1H3,(H,19,20). The van der Waals surface area contributed by atoms with Crippen molar-refractivity contribution in [3.05, 3.63) is 58.9 Å². The number of carbonyl (C=O) groups excluding carboxylic acids is 1. The van der Waals surface area contributed by atoms with Gasteiger partial charge in [-0.3, -0.25) is 4.79 Å². The number of rotatable bonds is 3. The number of carbonyl (C=O) groups is 2. The SMILES string of the molecule is CN(C(=O)c1ccc(Cl)nc1)c1ccc(C(=O)O)cc1. The van der Waals surface area contributed by atoms with E-state index in [1.807, 2.05) is 0 Å². The first kappa shape index (κ1) is 14.0. The summed E-state index contributed by atoms with van der Waals surface area (Å²) >= 11 is 5.67. The first-order valence-corrected chi connectivity index (χ1v) is 6.10. The van der Waals surface area contributed by atoms with E-state index in [-0.39, 0.29) is 11.5 Å². The number of hydrogen-bond donors (Lipinski definition) is 1. The summed E-state index contributed by atoms with van der Waals surface area (Å²) in [5.41, 5.74) is 1.16. The Hall–Kier alpha value is -2.40. The van der Waals surface area contributed by atoms with Crippen LogP contribution in [0.2, 0.25) is 5.15 Å². The number of nitrogens with zero attached hydrogens (tertiary/aromatic N) is 2. The number of pyridine rings is 1. The highest BCUT2D eigenvalue weighted by Gasteiger charge is 2.14. The number of benzene rings is 1. The highest BCUT2D eigenvalue weighted by Crippen LogP contribution is 2.17. The zero-order valence-corrected chi connectivity index (χ0v) is 11.3. The van der Waals surface area contributed by atoms with Crippen LogP contribution in [-0.4, -0.2) is 29.0 Å². The Balaban J connectivity index is 2.22. The molecule has 0 saturated heterocycles. The molecule has 5 nitrogen and oxygen atoms in total. The molecule has 102 valence electrons. The summed E-state index contributed by atoms with van der Waals surface area (Å²) in [5.74, 6) is -1.26. The lowest BCUT2D eigenvalue weighted by Crippen LogP contribution is -2.26. The minimum Gasteiger partial charge on any atom is -0.478 e. The van der Waals surface area contributed by atoms with Gasteiger partial charge in [-0.05, 0) is 36.4 Å². The molecule has 0 fully saturated rings. The molecule has 0 bridgehead atoms. The Kier molecular flexibility index (Phi) is 4.00. The van der Waals surface area contributed by atoms with E-state index in [1.54, 1.807) is 25.2 Å². The van der Waals surface area contributed by atoms with Gasteiger partial charge in [0.05, 0.1) is 11.1 Å². The van der Waals surface area contributed by atoms with Gasteiger partial charge >= 0.3 is 5.97 Å². The van der Waals surface area contributed by atoms with Crippen LogP contribution in [0.4, 0.5) is 5.69 Å². The molecule has 20 heavy (non-hydrogen) atoms. The van der Waals surface area contributed by atoms with Crippen LogP contribution in [0.25, 0.3) is 0 Å². The first-order valence-electron chi connectivity index (χ1n) is 5.72. The largest absolute Gasteiger partial charge is 0.478 e. The lowest BCUT2D eigenvalue weighted by atomic mass is 10.2. The zero-order valence-electron chi connectivity index (χ0n) is 10.6. The molecule has 1 aromatic heterocycles. The van der Waals surface area contributed by atoms with Crippen molar-refractivity contribution in [2.75, 3.05) is 11.9 Å². The minimum absolute atomic E-state index is 0.169. The van der Waals surface area contributed by atoms with Gasteiger partial charge in [0.25, 0.3) is 5.91 Å². The number of halogens is 1. The van der Waals surface area contributed by atoms with E-state index in [4.69, 9.17) is 16.7 Å². The van der Waals surface area contributed by atoms with E-state index < -0.39 is 5.97 Å². The van der Waals surface area contributed by atoms with Crippen molar-refractivity contribution in [3.63, 3.8) is 0 Å². The van der Waals surface area contributed by atoms with Crippen molar-refractivity contribution in [2.24, 2.45) is 0 Å². The smallest absolute Gasteiger partial charge is 0.335 e. The Morgan fingerprint density at radius 2 is 1.70 bits per heavy atom. The quantitative estimate of drug-likeness (QED) is 0.882. The van der Waals surface area contributed by atoms with Gasteiger partial charge in [0, 0.05) is 18.9 Å². The molecule has 1 amide bonds. The van der Waals surface area contributed by atoms with Crippen LogP contribution in [0.5, 0.6) is 0 Å². The van der Waals surface area contributed by atoms with E-state index in [9.17, 15) is 9.59 Å². The average Bonchev–Trinajstić information content (AvgIpc) is 2.46. The van der Waals surface area contributed by atoms with Crippen LogP contribution in [0, 0.1) is 0 Å². The molecule has 0 spiro atoms. The molecule has 0 atom stereocenters. The maximum Gasteiger partial charge on any atom is 0.335 e. The Morgan fingerprint density at radius 1 is 1.10 bits per heavy atom. The fraction of sp³-hybridized carbons (Fsp3) is 0.0714. The maximum atomic E-state index is 12.2. The molecule has 6 heteroatoms. The normalized spacial score (nSPS) is 10.1. The molecular weight excluding hydrogens is 280 g/mol. The molecule has 2 rings (SSSR count). The minimum atomic E-state index is -1.01. The fourth-order valence-corrected chi connectivity index (χ4v) is 1.75. The van der Waals surface area contributed by atoms with Crippen molar-refractivity contribution in [1.82, 2.24) is 4.98 Å². The van der Waals surface area contributed by atoms with E-state index in [2.05, 4.69) is 4.98 Å². The summed E-state index contributed by atoms with van der Waals surface area (Å²) in [6, 6.07) is 9.16. The van der Waals surface area contributed by atoms with Crippen molar-refractivity contribution in [2.45, 2.75) is 0 Å². The van der Waals surface area contributed by atoms with Crippen LogP contribution in [-0.2, 0) is 0 Å². The highest BCUT2D eigenvalue weighted by molar-refractivity contribution is 6.29. The van der Waals surface area contributed by atoms with Gasteiger partial charge in [0.2, 0.25) is 0 Å². The number of amides is 1. The van der Waals surface area contributed by atoms with Gasteiger partial charge in [0.1, 0.15) is 5.15 Å². The van der Waals surface area contributed by atoms with E-state index >= 15 is 0 Å². The van der Waals surface area contributed by atoms with Gasteiger partial charge in [-0.15, -0.1) is 0 Å². The molecule has 1 aromatic carbocycles. The van der Waals surface area contributed by atoms with Crippen LogP contribution >= 0.6 is 11.6 Å². The second-order valence-electron chi connectivity index (χ2n) is 4.09. The molecule has 0 radical (unpaired) electrons. The number of hydrogen-bond acceptors (Lipinski definition) is 3. The lowest BCUT2D eigenvalue weighted by Gasteiger charge is -2.17. The Labute approximate surface area is 120 Å². The van der Waals surface area contributed by atoms with E-state index in [0.717, 1.165) is 0 Å². The summed E-state index contributed by atoms with van der Waals surface area (Å²) in [7, 11) is 1.60. The summed E-state index contributed by atoms with van der Waals surface area (Å²) < 4.78 is 0. The third-order valence-corrected chi connectivity index (χ3v) is 3.00. The predicted octanol–water partition coefficient (Wildman–Crippen LogP) is 2.71. The number of anilines is 1. The van der Waals surface area contributed by atoms with Gasteiger partial charge in [-0.25, -0.2) is 9.78 Å². The Bertz CT molecular complexity index is 638. The topological polar surface area (TPSA) is 70.5 Å². The van der Waals surface area contributed by atoms with Gasteiger partial charge in [-0.1, -0.05) is 11.6 Å².